The molecule has 3 heterocycles. The number of rotatable bonds is 10. The third-order valence-corrected chi connectivity index (χ3v) is 9.03. The topological polar surface area (TPSA) is 115 Å². The van der Waals surface area contributed by atoms with E-state index in [0.29, 0.717) is 19.3 Å². The van der Waals surface area contributed by atoms with Crippen LogP contribution >= 0.6 is 0 Å². The number of carbonyl (C=O) groups is 1. The zero-order valence-corrected chi connectivity index (χ0v) is 26.8. The Morgan fingerprint density at radius 1 is 1.21 bits per heavy atom. The minimum atomic E-state index is -1.09. The number of allylic oxidation sites excluding steroid dienone is 2. The Labute approximate surface area is 253 Å². The van der Waals surface area contributed by atoms with Gasteiger partial charge in [0.2, 0.25) is 0 Å². The second-order valence-electron chi connectivity index (χ2n) is 13.2. The summed E-state index contributed by atoms with van der Waals surface area (Å²) in [6.45, 7) is 15.3. The number of piperazine rings is 1. The highest BCUT2D eigenvalue weighted by Crippen LogP contribution is 2.37. The molecule has 10 atom stereocenters. The molecule has 0 saturated carbocycles. The molecule has 0 radical (unpaired) electrons. The highest BCUT2D eigenvalue weighted by Gasteiger charge is 2.47. The quantitative estimate of drug-likeness (QED) is 0.151. The highest BCUT2D eigenvalue weighted by atomic mass is 16.7. The molecule has 0 aromatic carbocycles. The lowest BCUT2D eigenvalue weighted by Gasteiger charge is -2.35. The van der Waals surface area contributed by atoms with Crippen molar-refractivity contribution in [2.24, 2.45) is 17.8 Å². The normalized spacial score (nSPS) is 36.4. The lowest BCUT2D eigenvalue weighted by molar-refractivity contribution is -0.209. The molecule has 0 amide bonds. The molecular weight excluding hydrogens is 536 g/mol. The Morgan fingerprint density at radius 3 is 2.57 bits per heavy atom. The van der Waals surface area contributed by atoms with Crippen molar-refractivity contribution in [2.45, 2.75) is 116 Å². The summed E-state index contributed by atoms with van der Waals surface area (Å²) in [6.07, 6.45) is 9.89. The molecule has 3 rings (SSSR count). The van der Waals surface area contributed by atoms with Crippen LogP contribution in [0, 0.1) is 17.8 Å². The number of hydroxylamine groups is 2. The SMILES string of the molecule is CCC(O)C(C)C1OC1CC(C)(O)/C=C/C=C(\C)C1OC(=O)CC(O)CCC(C)C(ON2CCN(C)CC2)/C=C/C1C. The summed E-state index contributed by atoms with van der Waals surface area (Å²) in [6, 6.07) is 0. The van der Waals surface area contributed by atoms with Crippen LogP contribution in [0.3, 0.4) is 0 Å². The van der Waals surface area contributed by atoms with Gasteiger partial charge in [-0.2, -0.15) is 5.06 Å². The summed E-state index contributed by atoms with van der Waals surface area (Å²) in [5.74, 6) is -0.356. The number of hydrogen-bond donors (Lipinski definition) is 3. The Balaban J connectivity index is 1.69. The van der Waals surface area contributed by atoms with Gasteiger partial charge in [-0.25, -0.2) is 0 Å². The average molecular weight is 593 g/mol. The van der Waals surface area contributed by atoms with Gasteiger partial charge in [-0.3, -0.25) is 9.63 Å². The second kappa shape index (κ2) is 15.9. The number of esters is 1. The van der Waals surface area contributed by atoms with Crippen LogP contribution in [0.4, 0.5) is 0 Å². The van der Waals surface area contributed by atoms with E-state index in [-0.39, 0.29) is 42.5 Å². The molecule has 3 aliphatic rings. The molecule has 2 fully saturated rings. The van der Waals surface area contributed by atoms with E-state index in [2.05, 4.69) is 31.0 Å². The van der Waals surface area contributed by atoms with Crippen molar-refractivity contribution in [3.63, 3.8) is 0 Å². The lowest BCUT2D eigenvalue weighted by Crippen LogP contribution is -2.46. The van der Waals surface area contributed by atoms with E-state index < -0.39 is 29.9 Å². The maximum Gasteiger partial charge on any atom is 0.309 e. The molecule has 3 N–H and O–H groups in total. The van der Waals surface area contributed by atoms with E-state index in [1.807, 2.05) is 38.8 Å². The number of nitrogens with zero attached hydrogens (tertiary/aromatic N) is 2. The molecule has 0 bridgehead atoms. The first-order valence-corrected chi connectivity index (χ1v) is 15.9. The second-order valence-corrected chi connectivity index (χ2v) is 13.2. The van der Waals surface area contributed by atoms with Gasteiger partial charge in [0.15, 0.2) is 0 Å². The minimum absolute atomic E-state index is 0.0281. The molecule has 2 saturated heterocycles. The summed E-state index contributed by atoms with van der Waals surface area (Å²) < 4.78 is 11.7. The van der Waals surface area contributed by atoms with E-state index in [0.717, 1.165) is 38.2 Å². The zero-order valence-electron chi connectivity index (χ0n) is 26.8. The largest absolute Gasteiger partial charge is 0.457 e. The van der Waals surface area contributed by atoms with Crippen molar-refractivity contribution < 1.29 is 34.4 Å². The predicted molar refractivity (Wildman–Crippen MR) is 163 cm³/mol. The molecule has 10 unspecified atom stereocenters. The van der Waals surface area contributed by atoms with Gasteiger partial charge < -0.3 is 29.7 Å². The summed E-state index contributed by atoms with van der Waals surface area (Å²) in [4.78, 5) is 21.5. The fraction of sp³-hybridized carbons (Fsp3) is 0.788. The van der Waals surface area contributed by atoms with Crippen LogP contribution in [0.15, 0.2) is 36.0 Å². The van der Waals surface area contributed by atoms with Crippen LogP contribution in [0.5, 0.6) is 0 Å². The Morgan fingerprint density at radius 2 is 1.90 bits per heavy atom. The van der Waals surface area contributed by atoms with Crippen LogP contribution < -0.4 is 0 Å². The number of hydrogen-bond acceptors (Lipinski definition) is 9. The number of likely N-dealkylation sites (N-methyl/N-ethyl adjacent to an activating group) is 1. The zero-order chi connectivity index (χ0) is 31.0. The van der Waals surface area contributed by atoms with Gasteiger partial charge >= 0.3 is 5.97 Å². The molecule has 0 aromatic heterocycles. The molecule has 0 aliphatic carbocycles. The lowest BCUT2D eigenvalue weighted by atomic mass is 9.91. The van der Waals surface area contributed by atoms with Gasteiger partial charge in [-0.15, -0.1) is 0 Å². The maximum atomic E-state index is 12.8. The predicted octanol–water partition coefficient (Wildman–Crippen LogP) is 3.64. The van der Waals surface area contributed by atoms with Crippen molar-refractivity contribution in [3.8, 4) is 0 Å². The first-order chi connectivity index (χ1) is 19.8. The number of ether oxygens (including phenoxy) is 2. The number of carbonyl (C=O) groups excluding carboxylic acids is 1. The molecular formula is C33H56N2O7. The van der Waals surface area contributed by atoms with E-state index in [1.165, 1.54) is 0 Å². The first kappa shape index (κ1) is 34.9. The monoisotopic (exact) mass is 592 g/mol. The molecule has 240 valence electrons. The number of aliphatic hydroxyl groups excluding tert-OH is 2. The molecule has 9 nitrogen and oxygen atoms in total. The van der Waals surface area contributed by atoms with Crippen molar-refractivity contribution in [2.75, 3.05) is 33.2 Å². The number of cyclic esters (lactones) is 1. The van der Waals surface area contributed by atoms with Crippen LogP contribution in [0.25, 0.3) is 0 Å². The van der Waals surface area contributed by atoms with Gasteiger partial charge in [-0.1, -0.05) is 58.1 Å². The number of aliphatic hydroxyl groups is 3. The summed E-state index contributed by atoms with van der Waals surface area (Å²) in [5.41, 5.74) is -0.250. The fourth-order valence-electron chi connectivity index (χ4n) is 5.85. The Kier molecular flexibility index (Phi) is 13.2. The number of epoxide rings is 1. The van der Waals surface area contributed by atoms with Crippen LogP contribution in [0.2, 0.25) is 0 Å². The van der Waals surface area contributed by atoms with Gasteiger partial charge in [0.05, 0.1) is 42.5 Å². The maximum absolute atomic E-state index is 12.8. The van der Waals surface area contributed by atoms with E-state index >= 15 is 0 Å². The van der Waals surface area contributed by atoms with Crippen molar-refractivity contribution in [1.82, 2.24) is 9.96 Å². The first-order valence-electron chi connectivity index (χ1n) is 15.9. The molecule has 3 aliphatic heterocycles. The van der Waals surface area contributed by atoms with Crippen molar-refractivity contribution in [1.29, 1.82) is 0 Å². The summed E-state index contributed by atoms with van der Waals surface area (Å²) in [7, 11) is 2.12. The Hall–Kier alpha value is -1.59. The van der Waals surface area contributed by atoms with Crippen LogP contribution in [-0.2, 0) is 19.1 Å². The van der Waals surface area contributed by atoms with E-state index in [4.69, 9.17) is 14.3 Å². The van der Waals surface area contributed by atoms with Gasteiger partial charge in [0.1, 0.15) is 6.10 Å². The molecule has 9 heteroatoms. The minimum Gasteiger partial charge on any atom is -0.457 e. The average Bonchev–Trinajstić information content (AvgIpc) is 3.69. The third kappa shape index (κ3) is 10.8. The van der Waals surface area contributed by atoms with E-state index in [9.17, 15) is 20.1 Å². The van der Waals surface area contributed by atoms with Crippen LogP contribution in [0.1, 0.15) is 73.6 Å². The molecule has 0 spiro atoms. The third-order valence-electron chi connectivity index (χ3n) is 9.03. The smallest absolute Gasteiger partial charge is 0.309 e. The van der Waals surface area contributed by atoms with Gasteiger partial charge in [0, 0.05) is 44.4 Å². The summed E-state index contributed by atoms with van der Waals surface area (Å²) in [5, 5.41) is 33.7. The van der Waals surface area contributed by atoms with Gasteiger partial charge in [0.25, 0.3) is 0 Å². The van der Waals surface area contributed by atoms with Gasteiger partial charge in [-0.05, 0) is 51.6 Å². The van der Waals surface area contributed by atoms with Crippen molar-refractivity contribution in [3.05, 3.63) is 36.0 Å². The van der Waals surface area contributed by atoms with Crippen LogP contribution in [-0.4, -0.2) is 107 Å². The Bertz CT molecular complexity index is 943. The van der Waals surface area contributed by atoms with E-state index in [1.54, 1.807) is 19.1 Å². The summed E-state index contributed by atoms with van der Waals surface area (Å²) >= 11 is 0. The van der Waals surface area contributed by atoms with Crippen molar-refractivity contribution >= 4 is 5.97 Å². The molecule has 0 aromatic rings. The fourth-order valence-corrected chi connectivity index (χ4v) is 5.85. The standard InChI is InChI=1S/C33H56N2O7/c1-8-27(37)25(5)32-29(40-32)21-33(6,39)15-9-10-23(3)31-24(4)12-14-28(42-35-18-16-34(7)17-19-35)22(2)11-13-26(36)20-30(38)41-31/h9-10,12,14-15,22,24-29,31-32,36-37,39H,8,11,13,16-21H2,1-7H3/b14-12+,15-9+,23-10+. The molecule has 42 heavy (non-hydrogen) atoms. The highest BCUT2D eigenvalue weighted by molar-refractivity contribution is 5.70.